The maximum atomic E-state index is 8.39. The summed E-state index contributed by atoms with van der Waals surface area (Å²) < 4.78 is 1.17. The van der Waals surface area contributed by atoms with E-state index in [1.165, 1.54) is 0 Å². The average Bonchev–Trinajstić information content (AvgIpc) is 1.84. The quantitative estimate of drug-likeness (QED) is 0.762. The van der Waals surface area contributed by atoms with Gasteiger partial charge < -0.3 is 10.2 Å². The lowest BCUT2D eigenvalue weighted by molar-refractivity contribution is 0.325. The van der Waals surface area contributed by atoms with E-state index in [1.807, 2.05) is 0 Å². The fourth-order valence-corrected chi connectivity index (χ4v) is 0.422. The number of aliphatic hydroxyl groups is 2. The molecule has 0 amide bonds. The van der Waals surface area contributed by atoms with E-state index in [0.717, 1.165) is 0 Å². The fraction of sp³-hybridized carbons (Fsp3) is 0.500. The maximum Gasteiger partial charge on any atom is 0.0755 e. The zero-order valence-electron chi connectivity index (χ0n) is 4.06. The standard InChI is InChI=1S/C4H6Br2O2/c5-3(1-7)4(6)2-8/h7-8H,1-2H2/b4-3-. The van der Waals surface area contributed by atoms with Gasteiger partial charge in [0.2, 0.25) is 0 Å². The summed E-state index contributed by atoms with van der Waals surface area (Å²) in [5.74, 6) is 0. The third kappa shape index (κ3) is 2.81. The van der Waals surface area contributed by atoms with E-state index >= 15 is 0 Å². The molecule has 8 heavy (non-hydrogen) atoms. The van der Waals surface area contributed by atoms with Gasteiger partial charge in [-0.15, -0.1) is 0 Å². The Labute approximate surface area is 64.5 Å². The summed E-state index contributed by atoms with van der Waals surface area (Å²) in [5, 5.41) is 16.8. The Morgan fingerprint density at radius 2 is 1.25 bits per heavy atom. The van der Waals surface area contributed by atoms with E-state index in [-0.39, 0.29) is 13.2 Å². The summed E-state index contributed by atoms with van der Waals surface area (Å²) in [6, 6.07) is 0. The van der Waals surface area contributed by atoms with Crippen LogP contribution in [-0.2, 0) is 0 Å². The van der Waals surface area contributed by atoms with Crippen LogP contribution in [-0.4, -0.2) is 23.4 Å². The van der Waals surface area contributed by atoms with Gasteiger partial charge in [-0.1, -0.05) is 31.9 Å². The maximum absolute atomic E-state index is 8.39. The minimum Gasteiger partial charge on any atom is -0.391 e. The van der Waals surface area contributed by atoms with Crippen LogP contribution in [0, 0.1) is 0 Å². The lowest BCUT2D eigenvalue weighted by atomic mass is 10.5. The molecule has 0 aromatic carbocycles. The number of hydrogen-bond donors (Lipinski definition) is 2. The molecule has 0 heterocycles. The highest BCUT2D eigenvalue weighted by molar-refractivity contribution is 9.14. The third-order valence-corrected chi connectivity index (χ3v) is 2.56. The van der Waals surface area contributed by atoms with Crippen LogP contribution >= 0.6 is 31.9 Å². The molecule has 0 saturated heterocycles. The topological polar surface area (TPSA) is 40.5 Å². The van der Waals surface area contributed by atoms with Gasteiger partial charge in [-0.2, -0.15) is 0 Å². The number of aliphatic hydroxyl groups excluding tert-OH is 2. The van der Waals surface area contributed by atoms with E-state index in [9.17, 15) is 0 Å². The predicted molar refractivity (Wildman–Crippen MR) is 39.1 cm³/mol. The minimum atomic E-state index is -0.0822. The van der Waals surface area contributed by atoms with Crippen molar-refractivity contribution < 1.29 is 10.2 Å². The third-order valence-electron chi connectivity index (χ3n) is 0.572. The molecule has 4 heteroatoms. The van der Waals surface area contributed by atoms with Crippen LogP contribution in [0.2, 0.25) is 0 Å². The number of rotatable bonds is 2. The van der Waals surface area contributed by atoms with E-state index in [1.54, 1.807) is 0 Å². The molecule has 0 aliphatic rings. The van der Waals surface area contributed by atoms with E-state index in [2.05, 4.69) is 31.9 Å². The molecule has 48 valence electrons. The second-order valence-electron chi connectivity index (χ2n) is 1.13. The van der Waals surface area contributed by atoms with Gasteiger partial charge in [-0.3, -0.25) is 0 Å². The highest BCUT2D eigenvalue weighted by atomic mass is 79.9. The van der Waals surface area contributed by atoms with Gasteiger partial charge in [-0.25, -0.2) is 0 Å². The van der Waals surface area contributed by atoms with Gasteiger partial charge in [-0.05, 0) is 0 Å². The van der Waals surface area contributed by atoms with Crippen LogP contribution < -0.4 is 0 Å². The summed E-state index contributed by atoms with van der Waals surface area (Å²) in [6.45, 7) is -0.164. The molecule has 0 rings (SSSR count). The van der Waals surface area contributed by atoms with Crippen molar-refractivity contribution in [1.82, 2.24) is 0 Å². The van der Waals surface area contributed by atoms with Gasteiger partial charge in [0, 0.05) is 8.96 Å². The van der Waals surface area contributed by atoms with Crippen LogP contribution in [0.15, 0.2) is 8.96 Å². The second-order valence-corrected chi connectivity index (χ2v) is 3.04. The fourth-order valence-electron chi connectivity index (χ4n) is 0.172. The number of hydrogen-bond acceptors (Lipinski definition) is 2. The van der Waals surface area contributed by atoms with E-state index in [0.29, 0.717) is 8.96 Å². The first-order valence-corrected chi connectivity index (χ1v) is 3.55. The van der Waals surface area contributed by atoms with Crippen molar-refractivity contribution in [3.05, 3.63) is 8.96 Å². The SMILES string of the molecule is OC/C(Br)=C(/Br)CO. The minimum absolute atomic E-state index is 0.0822. The summed E-state index contributed by atoms with van der Waals surface area (Å²) in [5.41, 5.74) is 0. The molecule has 0 aromatic heterocycles. The Kier molecular flexibility index (Phi) is 4.84. The van der Waals surface area contributed by atoms with Gasteiger partial charge in [0.05, 0.1) is 13.2 Å². The van der Waals surface area contributed by atoms with E-state index < -0.39 is 0 Å². The van der Waals surface area contributed by atoms with Crippen LogP contribution in [0.25, 0.3) is 0 Å². The molecule has 0 aromatic rings. The molecule has 0 spiro atoms. The molecule has 0 unspecified atom stereocenters. The first-order valence-electron chi connectivity index (χ1n) is 1.97. The van der Waals surface area contributed by atoms with Crippen LogP contribution in [0.1, 0.15) is 0 Å². The molecule has 0 radical (unpaired) electrons. The summed E-state index contributed by atoms with van der Waals surface area (Å²) >= 11 is 6.05. The zero-order chi connectivity index (χ0) is 6.57. The Morgan fingerprint density at radius 1 is 1.00 bits per heavy atom. The summed E-state index contributed by atoms with van der Waals surface area (Å²) in [6.07, 6.45) is 0. The Hall–Kier alpha value is 0.620. The number of halogens is 2. The summed E-state index contributed by atoms with van der Waals surface area (Å²) in [4.78, 5) is 0. The molecule has 0 bridgehead atoms. The lowest BCUT2D eigenvalue weighted by Crippen LogP contribution is -1.88. The molecule has 0 aliphatic carbocycles. The second kappa shape index (κ2) is 4.49. The van der Waals surface area contributed by atoms with Crippen molar-refractivity contribution in [2.75, 3.05) is 13.2 Å². The molecular weight excluding hydrogens is 240 g/mol. The highest BCUT2D eigenvalue weighted by Crippen LogP contribution is 2.15. The normalized spacial score (nSPS) is 13.5. The monoisotopic (exact) mass is 244 g/mol. The largest absolute Gasteiger partial charge is 0.391 e. The van der Waals surface area contributed by atoms with Crippen molar-refractivity contribution in [3.8, 4) is 0 Å². The van der Waals surface area contributed by atoms with Crippen molar-refractivity contribution >= 4 is 31.9 Å². The molecular formula is C4H6Br2O2. The molecule has 0 atom stereocenters. The Balaban J connectivity index is 3.83. The highest BCUT2D eigenvalue weighted by Gasteiger charge is 1.94. The smallest absolute Gasteiger partial charge is 0.0755 e. The molecule has 2 N–H and O–H groups in total. The van der Waals surface area contributed by atoms with Crippen molar-refractivity contribution in [2.45, 2.75) is 0 Å². The first kappa shape index (κ1) is 8.62. The Bertz CT molecular complexity index is 88.2. The van der Waals surface area contributed by atoms with Crippen molar-refractivity contribution in [1.29, 1.82) is 0 Å². The molecule has 0 fully saturated rings. The Morgan fingerprint density at radius 3 is 1.38 bits per heavy atom. The van der Waals surface area contributed by atoms with Crippen LogP contribution in [0.3, 0.4) is 0 Å². The van der Waals surface area contributed by atoms with Crippen molar-refractivity contribution in [2.24, 2.45) is 0 Å². The summed E-state index contributed by atoms with van der Waals surface area (Å²) in [7, 11) is 0. The van der Waals surface area contributed by atoms with Gasteiger partial charge in [0.15, 0.2) is 0 Å². The van der Waals surface area contributed by atoms with E-state index in [4.69, 9.17) is 10.2 Å². The van der Waals surface area contributed by atoms with Crippen LogP contribution in [0.5, 0.6) is 0 Å². The van der Waals surface area contributed by atoms with Gasteiger partial charge in [0.1, 0.15) is 0 Å². The van der Waals surface area contributed by atoms with Gasteiger partial charge in [0.25, 0.3) is 0 Å². The first-order chi connectivity index (χ1) is 3.72. The molecule has 0 aliphatic heterocycles. The predicted octanol–water partition coefficient (Wildman–Crippen LogP) is 0.972. The van der Waals surface area contributed by atoms with Crippen LogP contribution in [0.4, 0.5) is 0 Å². The average molecular weight is 246 g/mol. The van der Waals surface area contributed by atoms with Crippen molar-refractivity contribution in [3.63, 3.8) is 0 Å². The lowest BCUT2D eigenvalue weighted by Gasteiger charge is -1.94. The van der Waals surface area contributed by atoms with Gasteiger partial charge >= 0.3 is 0 Å². The zero-order valence-corrected chi connectivity index (χ0v) is 7.24. The molecule has 2 nitrogen and oxygen atoms in total. The molecule has 0 saturated carbocycles.